The van der Waals surface area contributed by atoms with E-state index in [9.17, 15) is 0 Å². The summed E-state index contributed by atoms with van der Waals surface area (Å²) in [5.41, 5.74) is 1.40. The van der Waals surface area contributed by atoms with Crippen LogP contribution < -0.4 is 5.32 Å². The van der Waals surface area contributed by atoms with Crippen LogP contribution in [0.5, 0.6) is 0 Å². The van der Waals surface area contributed by atoms with Gasteiger partial charge in [-0.05, 0) is 33.4 Å². The third-order valence-corrected chi connectivity index (χ3v) is 2.59. The molecule has 0 aliphatic heterocycles. The molecule has 0 spiro atoms. The molecule has 90 valence electrons. The molecule has 0 amide bonds. The molecule has 0 aliphatic carbocycles. The smallest absolute Gasteiger partial charge is 0.112 e. The molecule has 0 radical (unpaired) electrons. The molecule has 0 saturated carbocycles. The second-order valence-electron chi connectivity index (χ2n) is 4.16. The molecule has 3 heteroatoms. The fourth-order valence-electron chi connectivity index (χ4n) is 1.74. The van der Waals surface area contributed by atoms with E-state index in [4.69, 9.17) is 0 Å². The number of allylic oxidation sites excluding steroid dienone is 1. The third-order valence-electron chi connectivity index (χ3n) is 2.59. The van der Waals surface area contributed by atoms with Gasteiger partial charge in [0.15, 0.2) is 0 Å². The molecule has 0 fully saturated rings. The number of hydrogen-bond acceptors (Lipinski definition) is 2. The van der Waals surface area contributed by atoms with Crippen molar-refractivity contribution in [1.29, 1.82) is 0 Å². The molecule has 0 atom stereocenters. The number of nitrogens with zero attached hydrogens (tertiary/aromatic N) is 2. The van der Waals surface area contributed by atoms with Crippen LogP contribution in [0.25, 0.3) is 0 Å². The van der Waals surface area contributed by atoms with E-state index in [1.54, 1.807) is 0 Å². The lowest BCUT2D eigenvalue weighted by atomic mass is 10.1. The van der Waals surface area contributed by atoms with Gasteiger partial charge in [-0.3, -0.25) is 0 Å². The Hall–Kier alpha value is -1.09. The maximum absolute atomic E-state index is 4.41. The van der Waals surface area contributed by atoms with E-state index in [1.807, 2.05) is 13.2 Å². The Balaban J connectivity index is 2.51. The lowest BCUT2D eigenvalue weighted by Crippen LogP contribution is -2.07. The quantitative estimate of drug-likeness (QED) is 0.566. The fraction of sp³-hybridized carbons (Fsp3) is 0.615. The molecule has 1 N–H and O–H groups in total. The van der Waals surface area contributed by atoms with E-state index in [2.05, 4.69) is 41.0 Å². The predicted molar refractivity (Wildman–Crippen MR) is 68.5 cm³/mol. The second-order valence-corrected chi connectivity index (χ2v) is 4.16. The van der Waals surface area contributed by atoms with E-state index in [-0.39, 0.29) is 0 Å². The molecule has 0 bridgehead atoms. The highest BCUT2D eigenvalue weighted by Crippen LogP contribution is 2.07. The molecule has 1 heterocycles. The zero-order chi connectivity index (χ0) is 11.8. The van der Waals surface area contributed by atoms with Crippen molar-refractivity contribution in [1.82, 2.24) is 14.9 Å². The highest BCUT2D eigenvalue weighted by molar-refractivity contribution is 5.08. The van der Waals surface area contributed by atoms with Crippen LogP contribution in [-0.2, 0) is 13.0 Å². The Kier molecular flexibility index (Phi) is 5.86. The minimum atomic E-state index is 0.969. The van der Waals surface area contributed by atoms with Crippen LogP contribution in [0.3, 0.4) is 0 Å². The average Bonchev–Trinajstić information content (AvgIpc) is 2.67. The number of rotatable bonds is 7. The summed E-state index contributed by atoms with van der Waals surface area (Å²) in [7, 11) is 1.98. The van der Waals surface area contributed by atoms with Crippen molar-refractivity contribution in [2.24, 2.45) is 0 Å². The summed E-state index contributed by atoms with van der Waals surface area (Å²) in [5.74, 6) is 1.18. The van der Waals surface area contributed by atoms with Crippen LogP contribution in [0.4, 0.5) is 0 Å². The minimum absolute atomic E-state index is 0.969. The molecule has 16 heavy (non-hydrogen) atoms. The molecule has 1 aromatic heterocycles. The normalized spacial score (nSPS) is 12.1. The molecule has 0 aromatic carbocycles. The van der Waals surface area contributed by atoms with Gasteiger partial charge in [0.2, 0.25) is 0 Å². The fourth-order valence-corrected chi connectivity index (χ4v) is 1.74. The van der Waals surface area contributed by atoms with Gasteiger partial charge in [0.05, 0.1) is 0 Å². The molecular weight excluding hydrogens is 198 g/mol. The lowest BCUT2D eigenvalue weighted by molar-refractivity contribution is 0.645. The first-order valence-electron chi connectivity index (χ1n) is 6.08. The van der Waals surface area contributed by atoms with E-state index >= 15 is 0 Å². The largest absolute Gasteiger partial charge is 0.335 e. The van der Waals surface area contributed by atoms with Crippen LogP contribution in [0, 0.1) is 0 Å². The van der Waals surface area contributed by atoms with Crippen molar-refractivity contribution in [2.75, 3.05) is 13.6 Å². The van der Waals surface area contributed by atoms with Gasteiger partial charge in [-0.15, -0.1) is 0 Å². The number of aryl methyl sites for hydroxylation is 1. The second kappa shape index (κ2) is 7.23. The maximum atomic E-state index is 4.41. The van der Waals surface area contributed by atoms with Crippen molar-refractivity contribution >= 4 is 0 Å². The average molecular weight is 221 g/mol. The molecule has 1 rings (SSSR count). The van der Waals surface area contributed by atoms with Crippen LogP contribution in [-0.4, -0.2) is 23.1 Å². The van der Waals surface area contributed by atoms with Crippen LogP contribution in [0.15, 0.2) is 24.0 Å². The zero-order valence-electron chi connectivity index (χ0n) is 10.7. The van der Waals surface area contributed by atoms with Crippen LogP contribution in [0.1, 0.15) is 32.5 Å². The van der Waals surface area contributed by atoms with Crippen molar-refractivity contribution in [3.8, 4) is 0 Å². The summed E-state index contributed by atoms with van der Waals surface area (Å²) in [6.45, 7) is 6.49. The summed E-state index contributed by atoms with van der Waals surface area (Å²) in [5, 5.41) is 3.15. The number of nitrogens with one attached hydrogen (secondary N) is 1. The Morgan fingerprint density at radius 1 is 1.56 bits per heavy atom. The summed E-state index contributed by atoms with van der Waals surface area (Å²) >= 11 is 0. The third kappa shape index (κ3) is 4.19. The van der Waals surface area contributed by atoms with Crippen molar-refractivity contribution in [3.05, 3.63) is 29.9 Å². The van der Waals surface area contributed by atoms with Gasteiger partial charge in [0.1, 0.15) is 5.82 Å². The van der Waals surface area contributed by atoms with E-state index in [0.717, 1.165) is 32.4 Å². The summed E-state index contributed by atoms with van der Waals surface area (Å²) < 4.78 is 2.25. The van der Waals surface area contributed by atoms with Crippen molar-refractivity contribution < 1.29 is 0 Å². The Labute approximate surface area is 98.6 Å². The van der Waals surface area contributed by atoms with Crippen LogP contribution in [0.2, 0.25) is 0 Å². The molecular formula is C13H23N3. The summed E-state index contributed by atoms with van der Waals surface area (Å²) in [6, 6.07) is 0. The van der Waals surface area contributed by atoms with Crippen LogP contribution >= 0.6 is 0 Å². The van der Waals surface area contributed by atoms with Gasteiger partial charge in [0, 0.05) is 25.4 Å². The van der Waals surface area contributed by atoms with Gasteiger partial charge in [-0.25, -0.2) is 4.98 Å². The first kappa shape index (κ1) is 13.0. The van der Waals surface area contributed by atoms with Gasteiger partial charge < -0.3 is 9.88 Å². The monoisotopic (exact) mass is 221 g/mol. The SMILES string of the molecule is CCCn1ccnc1CC(C)=CCCNC. The Bertz CT molecular complexity index is 326. The van der Waals surface area contributed by atoms with E-state index in [1.165, 1.54) is 11.4 Å². The zero-order valence-corrected chi connectivity index (χ0v) is 10.7. The molecule has 0 aliphatic rings. The maximum Gasteiger partial charge on any atom is 0.112 e. The Morgan fingerprint density at radius 3 is 3.06 bits per heavy atom. The molecule has 0 unspecified atom stereocenters. The van der Waals surface area contributed by atoms with E-state index < -0.39 is 0 Å². The Morgan fingerprint density at radius 2 is 2.38 bits per heavy atom. The van der Waals surface area contributed by atoms with E-state index in [0.29, 0.717) is 0 Å². The van der Waals surface area contributed by atoms with Gasteiger partial charge in [-0.1, -0.05) is 18.6 Å². The van der Waals surface area contributed by atoms with Gasteiger partial charge in [0.25, 0.3) is 0 Å². The highest BCUT2D eigenvalue weighted by Gasteiger charge is 2.02. The molecule has 0 saturated heterocycles. The standard InChI is InChI=1S/C13H23N3/c1-4-9-16-10-8-15-13(16)11-12(2)6-5-7-14-3/h6,8,10,14H,4-5,7,9,11H2,1-3H3. The van der Waals surface area contributed by atoms with Gasteiger partial charge >= 0.3 is 0 Å². The van der Waals surface area contributed by atoms with Crippen molar-refractivity contribution in [2.45, 2.75) is 39.7 Å². The minimum Gasteiger partial charge on any atom is -0.335 e. The summed E-state index contributed by atoms with van der Waals surface area (Å²) in [6.07, 6.45) is 9.48. The highest BCUT2D eigenvalue weighted by atomic mass is 15.1. The molecule has 1 aromatic rings. The lowest BCUT2D eigenvalue weighted by Gasteiger charge is -2.06. The first-order chi connectivity index (χ1) is 7.77. The van der Waals surface area contributed by atoms with Gasteiger partial charge in [-0.2, -0.15) is 0 Å². The number of aromatic nitrogens is 2. The summed E-state index contributed by atoms with van der Waals surface area (Å²) in [4.78, 5) is 4.41. The molecule has 3 nitrogen and oxygen atoms in total. The predicted octanol–water partition coefficient (Wildman–Crippen LogP) is 2.39. The number of hydrogen-bond donors (Lipinski definition) is 1. The van der Waals surface area contributed by atoms with Crippen molar-refractivity contribution in [3.63, 3.8) is 0 Å². The first-order valence-corrected chi connectivity index (χ1v) is 6.08. The topological polar surface area (TPSA) is 29.9 Å². The number of imidazole rings is 1.